The van der Waals surface area contributed by atoms with Crippen LogP contribution in [-0.2, 0) is 0 Å². The second-order valence-electron chi connectivity index (χ2n) is 3.58. The highest BCUT2D eigenvalue weighted by atomic mass is 32.2. The minimum Gasteiger partial charge on any atom is -0.508 e. The van der Waals surface area contributed by atoms with Gasteiger partial charge in [0.25, 0.3) is 0 Å². The predicted molar refractivity (Wildman–Crippen MR) is 59.9 cm³/mol. The van der Waals surface area contributed by atoms with Gasteiger partial charge < -0.3 is 10.4 Å². The molecule has 3 heteroatoms. The van der Waals surface area contributed by atoms with E-state index in [-0.39, 0.29) is 0 Å². The first-order valence-electron chi connectivity index (χ1n) is 4.91. The molecule has 0 radical (unpaired) electrons. The fraction of sp³-hybridized carbons (Fsp3) is 0.455. The Morgan fingerprint density at radius 1 is 1.50 bits per heavy atom. The van der Waals surface area contributed by atoms with Crippen LogP contribution in [0.2, 0.25) is 0 Å². The summed E-state index contributed by atoms with van der Waals surface area (Å²) < 4.78 is 0. The van der Waals surface area contributed by atoms with Crippen molar-refractivity contribution in [3.63, 3.8) is 0 Å². The summed E-state index contributed by atoms with van der Waals surface area (Å²) in [6.45, 7) is 1.09. The van der Waals surface area contributed by atoms with Gasteiger partial charge in [-0.15, -0.1) is 11.8 Å². The van der Waals surface area contributed by atoms with Gasteiger partial charge in [-0.1, -0.05) is 0 Å². The Morgan fingerprint density at radius 3 is 3.00 bits per heavy atom. The van der Waals surface area contributed by atoms with Crippen LogP contribution in [0.1, 0.15) is 24.4 Å². The Bertz CT molecular complexity index is 321. The number of hydrogen-bond donors (Lipinski definition) is 2. The number of phenolic OH excluding ortho intramolecular Hbond substituents is 1. The van der Waals surface area contributed by atoms with Gasteiger partial charge >= 0.3 is 0 Å². The number of phenols is 1. The fourth-order valence-electron chi connectivity index (χ4n) is 1.94. The molecule has 1 atom stereocenters. The number of thioether (sulfide) groups is 1. The summed E-state index contributed by atoms with van der Waals surface area (Å²) in [5.74, 6) is 0.367. The summed E-state index contributed by atoms with van der Waals surface area (Å²) in [5, 5.41) is 12.9. The second-order valence-corrected chi connectivity index (χ2v) is 4.42. The van der Waals surface area contributed by atoms with Gasteiger partial charge in [0.15, 0.2) is 0 Å². The Kier molecular flexibility index (Phi) is 2.99. The Balaban J connectivity index is 2.33. The summed E-state index contributed by atoms with van der Waals surface area (Å²) in [7, 11) is 0. The predicted octanol–water partition coefficient (Wildman–Crippen LogP) is 2.54. The molecule has 1 heterocycles. The van der Waals surface area contributed by atoms with Crippen LogP contribution in [0.5, 0.6) is 5.75 Å². The largest absolute Gasteiger partial charge is 0.508 e. The van der Waals surface area contributed by atoms with Gasteiger partial charge in [-0.05, 0) is 49.4 Å². The molecule has 0 amide bonds. The Morgan fingerprint density at radius 2 is 2.36 bits per heavy atom. The van der Waals surface area contributed by atoms with Crippen LogP contribution in [0.15, 0.2) is 23.1 Å². The van der Waals surface area contributed by atoms with Crippen LogP contribution in [0.4, 0.5) is 0 Å². The first-order chi connectivity index (χ1) is 6.81. The summed E-state index contributed by atoms with van der Waals surface area (Å²) in [5.41, 5.74) is 1.25. The summed E-state index contributed by atoms with van der Waals surface area (Å²) in [6, 6.07) is 6.07. The normalized spacial score (nSPS) is 21.4. The molecular weight excluding hydrogens is 194 g/mol. The van der Waals surface area contributed by atoms with E-state index in [1.807, 2.05) is 12.1 Å². The van der Waals surface area contributed by atoms with E-state index in [2.05, 4.69) is 11.6 Å². The van der Waals surface area contributed by atoms with Crippen molar-refractivity contribution in [2.45, 2.75) is 23.8 Å². The molecule has 0 aliphatic carbocycles. The number of benzene rings is 1. The molecular formula is C11H15NOS. The first kappa shape index (κ1) is 9.87. The van der Waals surface area contributed by atoms with Crippen LogP contribution in [0.3, 0.4) is 0 Å². The molecule has 0 spiro atoms. The molecule has 0 bridgehead atoms. The zero-order valence-corrected chi connectivity index (χ0v) is 9.10. The average molecular weight is 209 g/mol. The average Bonchev–Trinajstić information content (AvgIpc) is 2.70. The highest BCUT2D eigenvalue weighted by Gasteiger charge is 2.19. The van der Waals surface area contributed by atoms with Crippen molar-refractivity contribution in [1.29, 1.82) is 0 Å². The van der Waals surface area contributed by atoms with Crippen molar-refractivity contribution in [3.05, 3.63) is 23.8 Å². The van der Waals surface area contributed by atoms with Crippen LogP contribution in [-0.4, -0.2) is 17.9 Å². The molecule has 1 aliphatic rings. The van der Waals surface area contributed by atoms with Crippen molar-refractivity contribution in [2.24, 2.45) is 0 Å². The molecule has 1 aromatic carbocycles. The number of aromatic hydroxyl groups is 1. The third-order valence-electron chi connectivity index (χ3n) is 2.65. The van der Waals surface area contributed by atoms with Crippen LogP contribution < -0.4 is 5.32 Å². The standard InChI is InChI=1S/C11H15NOS/c1-14-11-5-4-8(13)7-9(11)10-3-2-6-12-10/h4-5,7,10,12-13H,2-3,6H2,1H3/t10-/m0/s1. The van der Waals surface area contributed by atoms with Crippen molar-refractivity contribution in [3.8, 4) is 5.75 Å². The molecule has 1 aromatic rings. The van der Waals surface area contributed by atoms with E-state index in [4.69, 9.17) is 0 Å². The zero-order valence-electron chi connectivity index (χ0n) is 8.29. The van der Waals surface area contributed by atoms with E-state index >= 15 is 0 Å². The molecule has 1 fully saturated rings. The van der Waals surface area contributed by atoms with Gasteiger partial charge in [0, 0.05) is 10.9 Å². The SMILES string of the molecule is CSc1ccc(O)cc1[C@@H]1CCCN1. The molecule has 14 heavy (non-hydrogen) atoms. The molecule has 2 rings (SSSR count). The summed E-state index contributed by atoms with van der Waals surface area (Å²) >= 11 is 1.74. The van der Waals surface area contributed by atoms with Crippen LogP contribution in [0, 0.1) is 0 Å². The van der Waals surface area contributed by atoms with Crippen molar-refractivity contribution in [1.82, 2.24) is 5.32 Å². The van der Waals surface area contributed by atoms with E-state index in [1.54, 1.807) is 17.8 Å². The molecule has 2 N–H and O–H groups in total. The smallest absolute Gasteiger partial charge is 0.115 e. The molecule has 1 aliphatic heterocycles. The lowest BCUT2D eigenvalue weighted by Crippen LogP contribution is -2.13. The first-order valence-corrected chi connectivity index (χ1v) is 6.14. The Hall–Kier alpha value is -0.670. The van der Waals surface area contributed by atoms with Crippen LogP contribution >= 0.6 is 11.8 Å². The van der Waals surface area contributed by atoms with E-state index in [0.29, 0.717) is 11.8 Å². The number of nitrogens with one attached hydrogen (secondary N) is 1. The van der Waals surface area contributed by atoms with Gasteiger partial charge in [-0.25, -0.2) is 0 Å². The number of hydrogen-bond acceptors (Lipinski definition) is 3. The maximum Gasteiger partial charge on any atom is 0.115 e. The molecule has 0 aromatic heterocycles. The van der Waals surface area contributed by atoms with E-state index in [0.717, 1.165) is 6.54 Å². The van der Waals surface area contributed by atoms with Crippen molar-refractivity contribution < 1.29 is 5.11 Å². The summed E-state index contributed by atoms with van der Waals surface area (Å²) in [6.07, 6.45) is 4.48. The minimum absolute atomic E-state index is 0.367. The van der Waals surface area contributed by atoms with E-state index in [9.17, 15) is 5.11 Å². The van der Waals surface area contributed by atoms with Gasteiger partial charge in [0.05, 0.1) is 0 Å². The Labute approximate surface area is 88.7 Å². The third-order valence-corrected chi connectivity index (χ3v) is 3.46. The lowest BCUT2D eigenvalue weighted by atomic mass is 10.1. The molecule has 1 saturated heterocycles. The van der Waals surface area contributed by atoms with Gasteiger partial charge in [0.1, 0.15) is 5.75 Å². The van der Waals surface area contributed by atoms with Gasteiger partial charge in [-0.3, -0.25) is 0 Å². The van der Waals surface area contributed by atoms with E-state index in [1.165, 1.54) is 23.3 Å². The monoisotopic (exact) mass is 209 g/mol. The molecule has 76 valence electrons. The lowest BCUT2D eigenvalue weighted by molar-refractivity contribution is 0.472. The lowest BCUT2D eigenvalue weighted by Gasteiger charge is -2.14. The maximum absolute atomic E-state index is 9.46. The zero-order chi connectivity index (χ0) is 9.97. The number of rotatable bonds is 2. The molecule has 2 nitrogen and oxygen atoms in total. The highest BCUT2D eigenvalue weighted by Crippen LogP contribution is 2.33. The highest BCUT2D eigenvalue weighted by molar-refractivity contribution is 7.98. The minimum atomic E-state index is 0.367. The molecule has 0 saturated carbocycles. The quantitative estimate of drug-likeness (QED) is 0.734. The topological polar surface area (TPSA) is 32.3 Å². The van der Waals surface area contributed by atoms with Gasteiger partial charge in [-0.2, -0.15) is 0 Å². The van der Waals surface area contributed by atoms with E-state index < -0.39 is 0 Å². The molecule has 0 unspecified atom stereocenters. The summed E-state index contributed by atoms with van der Waals surface area (Å²) in [4.78, 5) is 1.27. The van der Waals surface area contributed by atoms with Crippen LogP contribution in [0.25, 0.3) is 0 Å². The third kappa shape index (κ3) is 1.88. The second kappa shape index (κ2) is 4.24. The van der Waals surface area contributed by atoms with Crippen molar-refractivity contribution >= 4 is 11.8 Å². The van der Waals surface area contributed by atoms with Crippen molar-refractivity contribution in [2.75, 3.05) is 12.8 Å². The maximum atomic E-state index is 9.46. The van der Waals surface area contributed by atoms with Gasteiger partial charge in [0.2, 0.25) is 0 Å². The fourth-order valence-corrected chi connectivity index (χ4v) is 2.59.